The third kappa shape index (κ3) is 8.52. The number of hydrogen-bond acceptors (Lipinski definition) is 4. The molecule has 2 amide bonds. The standard InChI is InChI=1S/C28H23Cl3FN3O4.C2H6/c29-28(30,31)26(37)33-27(16-19-6-8-22(32)9-7-19)15-14-20(17-27)18-34(25(36)21-4-2-1-3-5-21)23-10-12-24(13-11-23)35(38)39;1-2/h1-13,17H,14-16,18H2,(H,33,37);1-2H3. The number of nitro groups is 1. The molecule has 1 N–H and O–H groups in total. The number of halogens is 4. The van der Waals surface area contributed by atoms with Gasteiger partial charge >= 0.3 is 0 Å². The van der Waals surface area contributed by atoms with E-state index >= 15 is 0 Å². The van der Waals surface area contributed by atoms with Crippen LogP contribution < -0.4 is 10.2 Å². The zero-order valence-electron chi connectivity index (χ0n) is 22.5. The van der Waals surface area contributed by atoms with Gasteiger partial charge in [-0.1, -0.05) is 90.6 Å². The van der Waals surface area contributed by atoms with Crippen molar-refractivity contribution in [1.29, 1.82) is 0 Å². The van der Waals surface area contributed by atoms with Crippen LogP contribution in [-0.2, 0) is 11.2 Å². The molecule has 0 fully saturated rings. The minimum atomic E-state index is -2.19. The first-order valence-electron chi connectivity index (χ1n) is 12.9. The Morgan fingerprint density at radius 2 is 1.61 bits per heavy atom. The van der Waals surface area contributed by atoms with Gasteiger partial charge in [0.2, 0.25) is 0 Å². The number of carbonyl (C=O) groups is 2. The van der Waals surface area contributed by atoms with Crippen molar-refractivity contribution in [3.05, 3.63) is 118 Å². The van der Waals surface area contributed by atoms with Crippen LogP contribution in [0.25, 0.3) is 0 Å². The smallest absolute Gasteiger partial charge is 0.272 e. The molecule has 0 saturated carbocycles. The van der Waals surface area contributed by atoms with E-state index in [1.54, 1.807) is 42.5 Å². The van der Waals surface area contributed by atoms with Crippen LogP contribution in [0.1, 0.15) is 42.6 Å². The van der Waals surface area contributed by atoms with Crippen LogP contribution in [0.2, 0.25) is 0 Å². The molecule has 1 aliphatic rings. The zero-order chi connectivity index (χ0) is 30.2. The number of nitro benzene ring substituents is 1. The molecule has 0 aliphatic heterocycles. The van der Waals surface area contributed by atoms with E-state index in [0.717, 1.165) is 11.1 Å². The van der Waals surface area contributed by atoms with Gasteiger partial charge in [-0.2, -0.15) is 0 Å². The van der Waals surface area contributed by atoms with E-state index < -0.39 is 20.2 Å². The Hall–Kier alpha value is -3.46. The Bertz CT molecular complexity index is 1400. The predicted octanol–water partition coefficient (Wildman–Crippen LogP) is 7.60. The molecule has 0 aromatic heterocycles. The van der Waals surface area contributed by atoms with Crippen molar-refractivity contribution in [2.24, 2.45) is 0 Å². The van der Waals surface area contributed by atoms with E-state index in [4.69, 9.17) is 34.8 Å². The van der Waals surface area contributed by atoms with Gasteiger partial charge in [-0.25, -0.2) is 4.39 Å². The summed E-state index contributed by atoms with van der Waals surface area (Å²) in [5.41, 5.74) is 1.44. The average molecular weight is 621 g/mol. The summed E-state index contributed by atoms with van der Waals surface area (Å²) in [6.45, 7) is 4.15. The van der Waals surface area contributed by atoms with Crippen molar-refractivity contribution in [2.45, 2.75) is 42.4 Å². The quantitative estimate of drug-likeness (QED) is 0.122. The van der Waals surface area contributed by atoms with Crippen LogP contribution in [0.4, 0.5) is 15.8 Å². The van der Waals surface area contributed by atoms with Gasteiger partial charge in [0.15, 0.2) is 0 Å². The summed E-state index contributed by atoms with van der Waals surface area (Å²) in [6, 6.07) is 20.3. The lowest BCUT2D eigenvalue weighted by Gasteiger charge is -2.30. The number of rotatable bonds is 8. The summed E-state index contributed by atoms with van der Waals surface area (Å²) in [5.74, 6) is -1.50. The third-order valence-electron chi connectivity index (χ3n) is 6.42. The van der Waals surface area contributed by atoms with Gasteiger partial charge in [-0.05, 0) is 61.2 Å². The van der Waals surface area contributed by atoms with E-state index in [2.05, 4.69) is 5.32 Å². The Balaban J connectivity index is 0.00000226. The van der Waals surface area contributed by atoms with E-state index in [0.29, 0.717) is 30.5 Å². The van der Waals surface area contributed by atoms with Gasteiger partial charge in [0, 0.05) is 29.9 Å². The topological polar surface area (TPSA) is 92.6 Å². The van der Waals surface area contributed by atoms with Gasteiger partial charge in [0.05, 0.1) is 10.5 Å². The fourth-order valence-electron chi connectivity index (χ4n) is 4.56. The van der Waals surface area contributed by atoms with Crippen LogP contribution in [0.3, 0.4) is 0 Å². The molecule has 216 valence electrons. The molecule has 0 saturated heterocycles. The molecular formula is C30H29Cl3FN3O4. The maximum Gasteiger partial charge on any atom is 0.272 e. The molecule has 0 heterocycles. The molecule has 0 bridgehead atoms. The van der Waals surface area contributed by atoms with Crippen LogP contribution in [0.15, 0.2) is 90.5 Å². The second-order valence-electron chi connectivity index (χ2n) is 9.24. The molecule has 7 nitrogen and oxygen atoms in total. The lowest BCUT2D eigenvalue weighted by Crippen LogP contribution is -2.51. The number of hydrogen-bond donors (Lipinski definition) is 1. The molecular weight excluding hydrogens is 592 g/mol. The van der Waals surface area contributed by atoms with Crippen molar-refractivity contribution in [3.63, 3.8) is 0 Å². The minimum Gasteiger partial charge on any atom is -0.343 e. The van der Waals surface area contributed by atoms with Gasteiger partial charge in [-0.15, -0.1) is 0 Å². The van der Waals surface area contributed by atoms with E-state index in [9.17, 15) is 24.1 Å². The molecule has 11 heteroatoms. The van der Waals surface area contributed by atoms with Crippen molar-refractivity contribution in [3.8, 4) is 0 Å². The average Bonchev–Trinajstić information content (AvgIpc) is 3.35. The van der Waals surface area contributed by atoms with Crippen LogP contribution in [0, 0.1) is 15.9 Å². The number of anilines is 1. The molecule has 41 heavy (non-hydrogen) atoms. The largest absolute Gasteiger partial charge is 0.343 e. The number of non-ortho nitro benzene ring substituents is 1. The number of amides is 2. The zero-order valence-corrected chi connectivity index (χ0v) is 24.7. The highest BCUT2D eigenvalue weighted by Crippen LogP contribution is 2.36. The van der Waals surface area contributed by atoms with Crippen molar-refractivity contribution < 1.29 is 18.9 Å². The molecule has 3 aromatic rings. The van der Waals surface area contributed by atoms with Gasteiger partial charge < -0.3 is 10.2 Å². The highest BCUT2D eigenvalue weighted by atomic mass is 35.6. The monoisotopic (exact) mass is 619 g/mol. The van der Waals surface area contributed by atoms with Crippen molar-refractivity contribution >= 4 is 58.0 Å². The maximum atomic E-state index is 13.6. The lowest BCUT2D eigenvalue weighted by molar-refractivity contribution is -0.384. The molecule has 0 radical (unpaired) electrons. The SMILES string of the molecule is CC.O=C(c1ccccc1)N(CC1=CC(Cc2ccc(F)cc2)(NC(=O)C(Cl)(Cl)Cl)CC1)c1ccc([N+](=O)[O-])cc1. The molecule has 0 spiro atoms. The summed E-state index contributed by atoms with van der Waals surface area (Å²) in [7, 11) is 0. The Kier molecular flexibility index (Phi) is 10.9. The van der Waals surface area contributed by atoms with Crippen LogP contribution in [0.5, 0.6) is 0 Å². The molecule has 4 rings (SSSR count). The highest BCUT2D eigenvalue weighted by molar-refractivity contribution is 6.76. The molecule has 1 unspecified atom stereocenters. The first-order chi connectivity index (χ1) is 19.5. The highest BCUT2D eigenvalue weighted by Gasteiger charge is 2.41. The Morgan fingerprint density at radius 3 is 2.17 bits per heavy atom. The fraction of sp³-hybridized carbons (Fsp3) is 0.267. The predicted molar refractivity (Wildman–Crippen MR) is 161 cm³/mol. The number of carbonyl (C=O) groups excluding carboxylic acids is 2. The normalized spacial score (nSPS) is 16.2. The summed E-state index contributed by atoms with van der Waals surface area (Å²) >= 11 is 17.5. The van der Waals surface area contributed by atoms with E-state index in [1.807, 2.05) is 19.9 Å². The molecule has 1 aliphatic carbocycles. The van der Waals surface area contributed by atoms with Crippen molar-refractivity contribution in [2.75, 3.05) is 11.4 Å². The van der Waals surface area contributed by atoms with E-state index in [1.165, 1.54) is 41.3 Å². The van der Waals surface area contributed by atoms with E-state index in [-0.39, 0.29) is 24.0 Å². The second kappa shape index (κ2) is 13.9. The number of nitrogens with one attached hydrogen (secondary N) is 1. The van der Waals surface area contributed by atoms with Crippen LogP contribution in [-0.4, -0.2) is 32.6 Å². The maximum absolute atomic E-state index is 13.6. The Morgan fingerprint density at radius 1 is 1.00 bits per heavy atom. The number of nitrogens with zero attached hydrogens (tertiary/aromatic N) is 2. The molecule has 3 aromatic carbocycles. The minimum absolute atomic E-state index is 0.0984. The van der Waals surface area contributed by atoms with Gasteiger partial charge in [0.25, 0.3) is 21.3 Å². The van der Waals surface area contributed by atoms with Gasteiger partial charge in [0.1, 0.15) is 5.82 Å². The summed E-state index contributed by atoms with van der Waals surface area (Å²) in [6.07, 6.45) is 3.10. The van der Waals surface area contributed by atoms with Crippen molar-refractivity contribution in [1.82, 2.24) is 5.32 Å². The number of benzene rings is 3. The first kappa shape index (κ1) is 32.1. The van der Waals surface area contributed by atoms with Crippen LogP contribution >= 0.6 is 34.8 Å². The third-order valence-corrected chi connectivity index (χ3v) is 6.94. The fourth-order valence-corrected chi connectivity index (χ4v) is 4.71. The Labute approximate surface area is 253 Å². The summed E-state index contributed by atoms with van der Waals surface area (Å²) in [5, 5.41) is 14.0. The summed E-state index contributed by atoms with van der Waals surface area (Å²) in [4.78, 5) is 38.4. The first-order valence-corrected chi connectivity index (χ1v) is 14.0. The molecule has 1 atom stereocenters. The lowest BCUT2D eigenvalue weighted by atomic mass is 9.90. The van der Waals surface area contributed by atoms with Gasteiger partial charge in [-0.3, -0.25) is 19.7 Å². The second-order valence-corrected chi connectivity index (χ2v) is 11.5. The summed E-state index contributed by atoms with van der Waals surface area (Å²) < 4.78 is 11.3. The number of alkyl halides is 3.